The number of hydrogen-bond acceptors (Lipinski definition) is 6. The summed E-state index contributed by atoms with van der Waals surface area (Å²) in [6.07, 6.45) is 1.20. The number of piperazine rings is 1. The molecule has 1 N–H and O–H groups in total. The Morgan fingerprint density at radius 2 is 2.14 bits per heavy atom. The minimum atomic E-state index is -0.342. The standard InChI is InChI=1S/C15H20N4O3/c1-10(20)9-18-3-5-19(6-4-18)15(21)12-7-13-11(2)17-22-14(13)16-8-12/h7-8,10,20H,3-6,9H2,1-2H3. The molecule has 0 spiro atoms. The number of pyridine rings is 1. The van der Waals surface area contributed by atoms with E-state index < -0.39 is 0 Å². The third-order valence-corrected chi connectivity index (χ3v) is 3.94. The van der Waals surface area contributed by atoms with Gasteiger partial charge >= 0.3 is 0 Å². The van der Waals surface area contributed by atoms with Crippen molar-refractivity contribution in [3.63, 3.8) is 0 Å². The molecule has 1 fully saturated rings. The van der Waals surface area contributed by atoms with Gasteiger partial charge in [-0.15, -0.1) is 0 Å². The smallest absolute Gasteiger partial charge is 0.257 e. The molecule has 0 saturated carbocycles. The van der Waals surface area contributed by atoms with Gasteiger partial charge in [-0.1, -0.05) is 5.16 Å². The average Bonchev–Trinajstić information content (AvgIpc) is 2.88. The van der Waals surface area contributed by atoms with Crippen molar-refractivity contribution in [2.75, 3.05) is 32.7 Å². The molecule has 2 aromatic rings. The van der Waals surface area contributed by atoms with Gasteiger partial charge in [0.05, 0.1) is 22.7 Å². The number of rotatable bonds is 3. The first-order valence-corrected chi connectivity index (χ1v) is 7.46. The van der Waals surface area contributed by atoms with Crippen molar-refractivity contribution in [2.45, 2.75) is 20.0 Å². The van der Waals surface area contributed by atoms with Crippen LogP contribution in [-0.4, -0.2) is 69.8 Å². The number of β-amino-alcohol motifs (C(OH)–C–C–N with tert-alkyl or cyclic N) is 1. The summed E-state index contributed by atoms with van der Waals surface area (Å²) < 4.78 is 5.06. The SMILES string of the molecule is Cc1noc2ncc(C(=O)N3CCN(CC(C)O)CC3)cc12. The topological polar surface area (TPSA) is 82.7 Å². The Kier molecular flexibility index (Phi) is 4.08. The Labute approximate surface area is 128 Å². The molecule has 1 aliphatic heterocycles. The predicted molar refractivity (Wildman–Crippen MR) is 80.6 cm³/mol. The molecular formula is C15H20N4O3. The minimum absolute atomic E-state index is 0.0216. The summed E-state index contributed by atoms with van der Waals surface area (Å²) in [6.45, 7) is 7.13. The van der Waals surface area contributed by atoms with Crippen molar-refractivity contribution >= 4 is 17.0 Å². The van der Waals surface area contributed by atoms with Gasteiger partial charge in [0.2, 0.25) is 0 Å². The zero-order valence-corrected chi connectivity index (χ0v) is 12.8. The zero-order chi connectivity index (χ0) is 15.7. The van der Waals surface area contributed by atoms with Gasteiger partial charge in [-0.25, -0.2) is 4.98 Å². The molecule has 3 rings (SSSR count). The first-order valence-electron chi connectivity index (χ1n) is 7.46. The number of aryl methyl sites for hydroxylation is 1. The lowest BCUT2D eigenvalue weighted by Crippen LogP contribution is -2.50. The van der Waals surface area contributed by atoms with Crippen LogP contribution in [0.4, 0.5) is 0 Å². The lowest BCUT2D eigenvalue weighted by molar-refractivity contribution is 0.0554. The lowest BCUT2D eigenvalue weighted by atomic mass is 10.1. The van der Waals surface area contributed by atoms with Crippen LogP contribution < -0.4 is 0 Å². The molecule has 2 aromatic heterocycles. The lowest BCUT2D eigenvalue weighted by Gasteiger charge is -2.35. The Balaban J connectivity index is 1.69. The first kappa shape index (κ1) is 14.9. The Hall–Kier alpha value is -1.99. The van der Waals surface area contributed by atoms with E-state index in [0.717, 1.165) is 24.2 Å². The fourth-order valence-corrected chi connectivity index (χ4v) is 2.75. The van der Waals surface area contributed by atoms with Crippen molar-refractivity contribution < 1.29 is 14.4 Å². The second kappa shape index (κ2) is 6.02. The number of aliphatic hydroxyl groups excluding tert-OH is 1. The molecule has 0 aromatic carbocycles. The van der Waals surface area contributed by atoms with Crippen LogP contribution in [0.15, 0.2) is 16.8 Å². The van der Waals surface area contributed by atoms with E-state index >= 15 is 0 Å². The number of aliphatic hydroxyl groups is 1. The highest BCUT2D eigenvalue weighted by molar-refractivity contribution is 5.97. The number of nitrogens with zero attached hydrogens (tertiary/aromatic N) is 4. The van der Waals surface area contributed by atoms with Crippen LogP contribution in [0, 0.1) is 6.92 Å². The van der Waals surface area contributed by atoms with Gasteiger partial charge in [-0.2, -0.15) is 0 Å². The van der Waals surface area contributed by atoms with Crippen LogP contribution in [0.2, 0.25) is 0 Å². The number of carbonyl (C=O) groups excluding carboxylic acids is 1. The third-order valence-electron chi connectivity index (χ3n) is 3.94. The normalized spacial score (nSPS) is 17.9. The maximum Gasteiger partial charge on any atom is 0.257 e. The van der Waals surface area contributed by atoms with Crippen molar-refractivity contribution in [3.05, 3.63) is 23.5 Å². The number of hydrogen-bond donors (Lipinski definition) is 1. The fraction of sp³-hybridized carbons (Fsp3) is 0.533. The molecule has 0 radical (unpaired) electrons. The van der Waals surface area contributed by atoms with Gasteiger partial charge in [0.15, 0.2) is 0 Å². The summed E-state index contributed by atoms with van der Waals surface area (Å²) in [7, 11) is 0. The monoisotopic (exact) mass is 304 g/mol. The molecule has 118 valence electrons. The van der Waals surface area contributed by atoms with Gasteiger partial charge in [0, 0.05) is 38.9 Å². The molecule has 7 nitrogen and oxygen atoms in total. The van der Waals surface area contributed by atoms with E-state index in [1.54, 1.807) is 13.0 Å². The van der Waals surface area contributed by atoms with E-state index in [2.05, 4.69) is 15.0 Å². The van der Waals surface area contributed by atoms with E-state index in [4.69, 9.17) is 4.52 Å². The van der Waals surface area contributed by atoms with Crippen molar-refractivity contribution in [1.29, 1.82) is 0 Å². The summed E-state index contributed by atoms with van der Waals surface area (Å²) in [6, 6.07) is 1.79. The highest BCUT2D eigenvalue weighted by atomic mass is 16.5. The van der Waals surface area contributed by atoms with Crippen LogP contribution in [0.1, 0.15) is 23.0 Å². The van der Waals surface area contributed by atoms with E-state index in [9.17, 15) is 9.90 Å². The highest BCUT2D eigenvalue weighted by Gasteiger charge is 2.23. The molecule has 1 amide bonds. The van der Waals surface area contributed by atoms with E-state index in [1.165, 1.54) is 6.20 Å². The summed E-state index contributed by atoms with van der Waals surface area (Å²) >= 11 is 0. The first-order chi connectivity index (χ1) is 10.5. The van der Waals surface area contributed by atoms with Crippen LogP contribution in [0.25, 0.3) is 11.1 Å². The third kappa shape index (κ3) is 2.95. The second-order valence-corrected chi connectivity index (χ2v) is 5.79. The van der Waals surface area contributed by atoms with Crippen LogP contribution >= 0.6 is 0 Å². The van der Waals surface area contributed by atoms with Crippen molar-refractivity contribution in [3.8, 4) is 0 Å². The van der Waals surface area contributed by atoms with E-state index in [0.29, 0.717) is 30.9 Å². The molecular weight excluding hydrogens is 284 g/mol. The predicted octanol–water partition coefficient (Wildman–Crippen LogP) is 0.670. The summed E-state index contributed by atoms with van der Waals surface area (Å²) in [4.78, 5) is 20.7. The zero-order valence-electron chi connectivity index (χ0n) is 12.8. The maximum absolute atomic E-state index is 12.6. The number of fused-ring (bicyclic) bond motifs is 1. The second-order valence-electron chi connectivity index (χ2n) is 5.79. The Morgan fingerprint density at radius 1 is 1.41 bits per heavy atom. The molecule has 1 unspecified atom stereocenters. The van der Waals surface area contributed by atoms with Crippen molar-refractivity contribution in [1.82, 2.24) is 19.9 Å². The van der Waals surface area contributed by atoms with Crippen LogP contribution in [0.5, 0.6) is 0 Å². The molecule has 22 heavy (non-hydrogen) atoms. The van der Waals surface area contributed by atoms with E-state index in [-0.39, 0.29) is 12.0 Å². The molecule has 0 aliphatic carbocycles. The van der Waals surface area contributed by atoms with Gasteiger partial charge in [0.25, 0.3) is 11.6 Å². The molecule has 1 atom stereocenters. The van der Waals surface area contributed by atoms with Crippen molar-refractivity contribution in [2.24, 2.45) is 0 Å². The summed E-state index contributed by atoms with van der Waals surface area (Å²) in [5.41, 5.74) is 1.75. The van der Waals surface area contributed by atoms with Gasteiger partial charge < -0.3 is 14.5 Å². The summed E-state index contributed by atoms with van der Waals surface area (Å²) in [5.74, 6) is -0.0216. The molecule has 1 aliphatic rings. The Morgan fingerprint density at radius 3 is 2.82 bits per heavy atom. The fourth-order valence-electron chi connectivity index (χ4n) is 2.75. The number of amides is 1. The molecule has 7 heteroatoms. The van der Waals surface area contributed by atoms with Gasteiger partial charge in [-0.3, -0.25) is 9.69 Å². The van der Waals surface area contributed by atoms with Crippen LogP contribution in [-0.2, 0) is 0 Å². The highest BCUT2D eigenvalue weighted by Crippen LogP contribution is 2.18. The average molecular weight is 304 g/mol. The molecule has 0 bridgehead atoms. The largest absolute Gasteiger partial charge is 0.392 e. The minimum Gasteiger partial charge on any atom is -0.392 e. The Bertz CT molecular complexity index is 674. The number of aromatic nitrogens is 2. The number of carbonyl (C=O) groups is 1. The maximum atomic E-state index is 12.6. The quantitative estimate of drug-likeness (QED) is 0.897. The van der Waals surface area contributed by atoms with Gasteiger partial charge in [0.1, 0.15) is 0 Å². The summed E-state index contributed by atoms with van der Waals surface area (Å²) in [5, 5.41) is 14.0. The molecule has 1 saturated heterocycles. The van der Waals surface area contributed by atoms with Crippen LogP contribution in [0.3, 0.4) is 0 Å². The van der Waals surface area contributed by atoms with Gasteiger partial charge in [-0.05, 0) is 19.9 Å². The van der Waals surface area contributed by atoms with E-state index in [1.807, 2.05) is 11.8 Å². The molecule has 3 heterocycles.